The zero-order valence-corrected chi connectivity index (χ0v) is 14.4. The normalized spacial score (nSPS) is 11.7. The third-order valence-electron chi connectivity index (χ3n) is 3.70. The number of anilines is 1. The molecule has 0 aliphatic rings. The fourth-order valence-electron chi connectivity index (χ4n) is 2.36. The number of nitrogens with zero attached hydrogens (tertiary/aromatic N) is 3. The molecule has 0 unspecified atom stereocenters. The van der Waals surface area contributed by atoms with E-state index in [1.807, 2.05) is 43.5 Å². The second kappa shape index (κ2) is 7.63. The maximum Gasteiger partial charge on any atom is 0.321 e. The number of carbonyl (C=O) groups excluding carboxylic acids is 2. The Morgan fingerprint density at radius 1 is 1.29 bits per heavy atom. The van der Waals surface area contributed by atoms with E-state index in [-0.39, 0.29) is 17.9 Å². The Morgan fingerprint density at radius 3 is 2.62 bits per heavy atom. The van der Waals surface area contributed by atoms with Gasteiger partial charge >= 0.3 is 6.03 Å². The summed E-state index contributed by atoms with van der Waals surface area (Å²) < 4.78 is 1.72. The van der Waals surface area contributed by atoms with Gasteiger partial charge in [0.1, 0.15) is 0 Å². The number of para-hydroxylation sites is 2. The number of hydrogen-bond donors (Lipinski definition) is 2. The molecule has 1 aromatic carbocycles. The minimum Gasteiger partial charge on any atom is -0.359 e. The van der Waals surface area contributed by atoms with Crippen molar-refractivity contribution < 1.29 is 9.59 Å². The molecule has 3 amide bonds. The molecule has 0 fully saturated rings. The Hall–Kier alpha value is -2.83. The summed E-state index contributed by atoms with van der Waals surface area (Å²) >= 11 is 0. The van der Waals surface area contributed by atoms with Crippen LogP contribution >= 0.6 is 0 Å². The van der Waals surface area contributed by atoms with Crippen LogP contribution in [0.25, 0.3) is 5.69 Å². The van der Waals surface area contributed by atoms with Gasteiger partial charge in [-0.1, -0.05) is 19.1 Å². The molecule has 128 valence electrons. The van der Waals surface area contributed by atoms with Gasteiger partial charge < -0.3 is 15.5 Å². The second-order valence-electron chi connectivity index (χ2n) is 5.74. The van der Waals surface area contributed by atoms with E-state index in [1.54, 1.807) is 25.7 Å². The van der Waals surface area contributed by atoms with Crippen molar-refractivity contribution >= 4 is 17.6 Å². The van der Waals surface area contributed by atoms with E-state index in [2.05, 4.69) is 15.7 Å². The first kappa shape index (κ1) is 17.5. The van der Waals surface area contributed by atoms with Gasteiger partial charge in [-0.25, -0.2) is 9.48 Å². The molecule has 1 aromatic heterocycles. The lowest BCUT2D eigenvalue weighted by Gasteiger charge is -2.22. The van der Waals surface area contributed by atoms with Gasteiger partial charge in [0.05, 0.1) is 23.0 Å². The third kappa shape index (κ3) is 4.13. The van der Waals surface area contributed by atoms with Crippen LogP contribution in [0, 0.1) is 12.8 Å². The summed E-state index contributed by atoms with van der Waals surface area (Å²) in [5.74, 6) is -0.378. The first-order valence-electron chi connectivity index (χ1n) is 7.77. The van der Waals surface area contributed by atoms with Crippen molar-refractivity contribution in [2.45, 2.75) is 13.8 Å². The number of rotatable bonds is 5. The molecule has 0 aliphatic carbocycles. The maximum absolute atomic E-state index is 12.4. The SMILES string of the molecule is CNC(=O)[C@@H](C)CN(C)C(=O)Nc1ccccc1-n1ccc(C)n1. The molecule has 7 nitrogen and oxygen atoms in total. The number of nitrogens with one attached hydrogen (secondary N) is 2. The van der Waals surface area contributed by atoms with Crippen molar-refractivity contribution in [1.29, 1.82) is 0 Å². The van der Waals surface area contributed by atoms with Crippen molar-refractivity contribution in [3.05, 3.63) is 42.2 Å². The highest BCUT2D eigenvalue weighted by Gasteiger charge is 2.18. The summed E-state index contributed by atoms with van der Waals surface area (Å²) in [6, 6.07) is 9.06. The monoisotopic (exact) mass is 329 g/mol. The minimum atomic E-state index is -0.283. The predicted octanol–water partition coefficient (Wildman–Crippen LogP) is 2.03. The van der Waals surface area contributed by atoms with Crippen LogP contribution in [0.1, 0.15) is 12.6 Å². The van der Waals surface area contributed by atoms with Gasteiger partial charge in [-0.3, -0.25) is 4.79 Å². The van der Waals surface area contributed by atoms with E-state index < -0.39 is 0 Å². The number of urea groups is 1. The predicted molar refractivity (Wildman–Crippen MR) is 93.2 cm³/mol. The lowest BCUT2D eigenvalue weighted by Crippen LogP contribution is -2.39. The van der Waals surface area contributed by atoms with E-state index >= 15 is 0 Å². The lowest BCUT2D eigenvalue weighted by molar-refractivity contribution is -0.124. The van der Waals surface area contributed by atoms with Gasteiger partial charge in [0.15, 0.2) is 0 Å². The van der Waals surface area contributed by atoms with E-state index in [0.717, 1.165) is 11.4 Å². The molecule has 0 bridgehead atoms. The number of hydrogen-bond acceptors (Lipinski definition) is 3. The molecule has 0 aliphatic heterocycles. The van der Waals surface area contributed by atoms with Crippen LogP contribution in [0.4, 0.5) is 10.5 Å². The van der Waals surface area contributed by atoms with Crippen molar-refractivity contribution in [2.24, 2.45) is 5.92 Å². The van der Waals surface area contributed by atoms with Gasteiger partial charge in [-0.05, 0) is 25.1 Å². The summed E-state index contributed by atoms with van der Waals surface area (Å²) in [6.07, 6.45) is 1.84. The van der Waals surface area contributed by atoms with Crippen LogP contribution in [-0.2, 0) is 4.79 Å². The summed E-state index contributed by atoms with van der Waals surface area (Å²) in [5, 5.41) is 9.83. The molecule has 24 heavy (non-hydrogen) atoms. The van der Waals surface area contributed by atoms with Crippen LogP contribution in [-0.4, -0.2) is 47.3 Å². The number of benzene rings is 1. The van der Waals surface area contributed by atoms with Crippen molar-refractivity contribution in [3.8, 4) is 5.69 Å². The Bertz CT molecular complexity index is 725. The maximum atomic E-state index is 12.4. The summed E-state index contributed by atoms with van der Waals surface area (Å²) in [7, 11) is 3.25. The van der Waals surface area contributed by atoms with E-state index in [1.165, 1.54) is 4.90 Å². The largest absolute Gasteiger partial charge is 0.359 e. The fraction of sp³-hybridized carbons (Fsp3) is 0.353. The minimum absolute atomic E-state index is 0.0953. The zero-order valence-electron chi connectivity index (χ0n) is 14.4. The number of amides is 3. The quantitative estimate of drug-likeness (QED) is 0.881. The Labute approximate surface area is 141 Å². The summed E-state index contributed by atoms with van der Waals surface area (Å²) in [4.78, 5) is 25.5. The molecule has 0 saturated heterocycles. The molecule has 2 aromatic rings. The summed E-state index contributed by atoms with van der Waals surface area (Å²) in [5.41, 5.74) is 2.34. The molecular weight excluding hydrogens is 306 g/mol. The molecule has 1 atom stereocenters. The Balaban J connectivity index is 2.11. The van der Waals surface area contributed by atoms with E-state index in [4.69, 9.17) is 0 Å². The van der Waals surface area contributed by atoms with Crippen molar-refractivity contribution in [3.63, 3.8) is 0 Å². The highest BCUT2D eigenvalue weighted by molar-refractivity contribution is 5.91. The van der Waals surface area contributed by atoms with E-state index in [9.17, 15) is 9.59 Å². The number of carbonyl (C=O) groups is 2. The lowest BCUT2D eigenvalue weighted by atomic mass is 10.1. The highest BCUT2D eigenvalue weighted by atomic mass is 16.2. The van der Waals surface area contributed by atoms with Crippen molar-refractivity contribution in [1.82, 2.24) is 20.0 Å². The van der Waals surface area contributed by atoms with Gasteiger partial charge in [0, 0.05) is 26.8 Å². The zero-order chi connectivity index (χ0) is 17.7. The van der Waals surface area contributed by atoms with Crippen LogP contribution in [0.3, 0.4) is 0 Å². The standard InChI is InChI=1S/C17H23N5O2/c1-12(16(23)18-3)11-21(4)17(24)19-14-7-5-6-8-15(14)22-10-9-13(2)20-22/h5-10,12H,11H2,1-4H3,(H,18,23)(H,19,24)/t12-/m0/s1. The molecular formula is C17H23N5O2. The Kier molecular flexibility index (Phi) is 5.57. The molecule has 0 saturated carbocycles. The Morgan fingerprint density at radius 2 is 2.00 bits per heavy atom. The number of aromatic nitrogens is 2. The van der Waals surface area contributed by atoms with Gasteiger partial charge in [0.2, 0.25) is 5.91 Å². The van der Waals surface area contributed by atoms with Gasteiger partial charge in [-0.15, -0.1) is 0 Å². The molecule has 7 heteroatoms. The molecule has 0 radical (unpaired) electrons. The summed E-state index contributed by atoms with van der Waals surface area (Å²) in [6.45, 7) is 4.02. The fourth-order valence-corrected chi connectivity index (χ4v) is 2.36. The van der Waals surface area contributed by atoms with Gasteiger partial charge in [-0.2, -0.15) is 5.10 Å². The van der Waals surface area contributed by atoms with Crippen LogP contribution in [0.15, 0.2) is 36.5 Å². The van der Waals surface area contributed by atoms with Crippen LogP contribution in [0.2, 0.25) is 0 Å². The smallest absolute Gasteiger partial charge is 0.321 e. The first-order valence-corrected chi connectivity index (χ1v) is 7.77. The molecule has 2 N–H and O–H groups in total. The topological polar surface area (TPSA) is 79.3 Å². The van der Waals surface area contributed by atoms with E-state index in [0.29, 0.717) is 12.2 Å². The highest BCUT2D eigenvalue weighted by Crippen LogP contribution is 2.20. The van der Waals surface area contributed by atoms with Crippen LogP contribution < -0.4 is 10.6 Å². The average Bonchev–Trinajstić information content (AvgIpc) is 3.00. The molecule has 1 heterocycles. The van der Waals surface area contributed by atoms with Gasteiger partial charge in [0.25, 0.3) is 0 Å². The van der Waals surface area contributed by atoms with Crippen molar-refractivity contribution in [2.75, 3.05) is 26.0 Å². The molecule has 0 spiro atoms. The molecule has 2 rings (SSSR count). The third-order valence-corrected chi connectivity index (χ3v) is 3.70. The van der Waals surface area contributed by atoms with Crippen LogP contribution in [0.5, 0.6) is 0 Å². The number of aryl methyl sites for hydroxylation is 1. The first-order chi connectivity index (χ1) is 11.4. The average molecular weight is 329 g/mol. The second-order valence-corrected chi connectivity index (χ2v) is 5.74.